The number of nitrogens with zero attached hydrogens (tertiary/aromatic N) is 2. The molecule has 0 aromatic rings. The molecule has 16 heavy (non-hydrogen) atoms. The van der Waals surface area contributed by atoms with Crippen molar-refractivity contribution in [2.45, 2.75) is 20.8 Å². The van der Waals surface area contributed by atoms with E-state index in [1.807, 2.05) is 26.8 Å². The number of likely N-dealkylation sites (N-methyl/N-ethyl adjacent to an activating group) is 2. The van der Waals surface area contributed by atoms with Crippen molar-refractivity contribution in [1.82, 2.24) is 10.2 Å². The Kier molecular flexibility index (Phi) is 6.16. The molecule has 0 bridgehead atoms. The molecule has 0 aliphatic heterocycles. The summed E-state index contributed by atoms with van der Waals surface area (Å²) in [6, 6.07) is 1.96. The minimum Gasteiger partial charge on any atom is -0.355 e. The van der Waals surface area contributed by atoms with Gasteiger partial charge in [-0.25, -0.2) is 0 Å². The van der Waals surface area contributed by atoms with E-state index in [1.165, 1.54) is 11.9 Å². The monoisotopic (exact) mass is 225 g/mol. The second kappa shape index (κ2) is 6.83. The molecule has 0 heterocycles. The highest BCUT2D eigenvalue weighted by Gasteiger charge is 2.25. The lowest BCUT2D eigenvalue weighted by Crippen LogP contribution is -2.41. The summed E-state index contributed by atoms with van der Waals surface area (Å²) in [6.45, 7) is 5.97. The third-order valence-corrected chi connectivity index (χ3v) is 2.20. The smallest absolute Gasteiger partial charge is 0.240 e. The van der Waals surface area contributed by atoms with E-state index in [0.29, 0.717) is 6.54 Å². The van der Waals surface area contributed by atoms with E-state index in [2.05, 4.69) is 5.32 Å². The maximum atomic E-state index is 11.8. The van der Waals surface area contributed by atoms with Crippen LogP contribution >= 0.6 is 0 Å². The Morgan fingerprint density at radius 1 is 1.44 bits per heavy atom. The maximum Gasteiger partial charge on any atom is 0.240 e. The van der Waals surface area contributed by atoms with Crippen molar-refractivity contribution >= 4 is 11.8 Å². The van der Waals surface area contributed by atoms with Gasteiger partial charge in [0.2, 0.25) is 11.8 Å². The van der Waals surface area contributed by atoms with E-state index in [4.69, 9.17) is 5.26 Å². The molecule has 1 unspecified atom stereocenters. The average molecular weight is 225 g/mol. The van der Waals surface area contributed by atoms with Crippen molar-refractivity contribution in [2.24, 2.45) is 11.8 Å². The highest BCUT2D eigenvalue weighted by molar-refractivity contribution is 5.87. The normalized spacial score (nSPS) is 11.8. The summed E-state index contributed by atoms with van der Waals surface area (Å²) in [5.74, 6) is -1.24. The minimum atomic E-state index is -0.681. The van der Waals surface area contributed by atoms with Gasteiger partial charge in [-0.3, -0.25) is 9.59 Å². The molecule has 0 aromatic heterocycles. The predicted octanol–water partition coefficient (Wildman–Crippen LogP) is 0.377. The molecule has 0 aromatic carbocycles. The molecule has 5 nitrogen and oxygen atoms in total. The molecule has 0 aliphatic rings. The summed E-state index contributed by atoms with van der Waals surface area (Å²) in [7, 11) is 1.53. The largest absolute Gasteiger partial charge is 0.355 e. The minimum absolute atomic E-state index is 0.00241. The molecule has 1 N–H and O–H groups in total. The lowest BCUT2D eigenvalue weighted by Gasteiger charge is -2.21. The maximum absolute atomic E-state index is 11.8. The molecule has 0 fully saturated rings. The van der Waals surface area contributed by atoms with Crippen LogP contribution in [0.2, 0.25) is 0 Å². The third-order valence-electron chi connectivity index (χ3n) is 2.20. The summed E-state index contributed by atoms with van der Waals surface area (Å²) in [4.78, 5) is 24.3. The first-order chi connectivity index (χ1) is 7.43. The molecule has 0 aliphatic carbocycles. The zero-order chi connectivity index (χ0) is 12.7. The molecule has 0 saturated heterocycles. The Hall–Kier alpha value is -1.57. The molecular weight excluding hydrogens is 206 g/mol. The van der Waals surface area contributed by atoms with Crippen molar-refractivity contribution in [1.29, 1.82) is 5.26 Å². The van der Waals surface area contributed by atoms with Gasteiger partial charge in [0.1, 0.15) is 5.92 Å². The van der Waals surface area contributed by atoms with E-state index in [-0.39, 0.29) is 24.3 Å². The van der Waals surface area contributed by atoms with Crippen LogP contribution in [0.15, 0.2) is 0 Å². The second-order valence-corrected chi connectivity index (χ2v) is 4.00. The van der Waals surface area contributed by atoms with Gasteiger partial charge < -0.3 is 10.2 Å². The molecule has 0 saturated carbocycles. The van der Waals surface area contributed by atoms with Crippen molar-refractivity contribution < 1.29 is 9.59 Å². The average Bonchev–Trinajstić information content (AvgIpc) is 2.18. The van der Waals surface area contributed by atoms with Crippen molar-refractivity contribution in [3.8, 4) is 6.07 Å². The van der Waals surface area contributed by atoms with Crippen LogP contribution in [-0.2, 0) is 9.59 Å². The zero-order valence-corrected chi connectivity index (χ0v) is 10.3. The number of carbonyl (C=O) groups is 2. The molecule has 0 radical (unpaired) electrons. The first kappa shape index (κ1) is 14.4. The van der Waals surface area contributed by atoms with Crippen LogP contribution in [0.25, 0.3) is 0 Å². The van der Waals surface area contributed by atoms with E-state index in [9.17, 15) is 9.59 Å². The van der Waals surface area contributed by atoms with E-state index < -0.39 is 5.92 Å². The van der Waals surface area contributed by atoms with Crippen LogP contribution in [0.3, 0.4) is 0 Å². The molecule has 0 spiro atoms. The number of rotatable bonds is 5. The van der Waals surface area contributed by atoms with Crippen molar-refractivity contribution in [3.05, 3.63) is 0 Å². The van der Waals surface area contributed by atoms with Gasteiger partial charge in [-0.1, -0.05) is 13.8 Å². The summed E-state index contributed by atoms with van der Waals surface area (Å²) in [6.07, 6.45) is 0. The highest BCUT2D eigenvalue weighted by atomic mass is 16.2. The number of nitriles is 1. The van der Waals surface area contributed by atoms with Gasteiger partial charge in [-0.15, -0.1) is 0 Å². The van der Waals surface area contributed by atoms with Crippen molar-refractivity contribution in [3.63, 3.8) is 0 Å². The summed E-state index contributed by atoms with van der Waals surface area (Å²) in [5, 5.41) is 11.5. The Labute approximate surface area is 96.4 Å². The van der Waals surface area contributed by atoms with Crippen LogP contribution in [0.5, 0.6) is 0 Å². The van der Waals surface area contributed by atoms with Gasteiger partial charge in [0, 0.05) is 13.6 Å². The topological polar surface area (TPSA) is 73.2 Å². The first-order valence-corrected chi connectivity index (χ1v) is 5.35. The van der Waals surface area contributed by atoms with E-state index in [0.717, 1.165) is 0 Å². The fraction of sp³-hybridized carbons (Fsp3) is 0.727. The quantitative estimate of drug-likeness (QED) is 0.735. The standard InChI is InChI=1S/C11H19N3O2/c1-5-13-10(15)7-14(4)11(16)9(6-12)8(2)3/h8-9H,5,7H2,1-4H3,(H,13,15). The fourth-order valence-corrected chi connectivity index (χ4v) is 1.27. The zero-order valence-electron chi connectivity index (χ0n) is 10.3. The van der Waals surface area contributed by atoms with Gasteiger partial charge in [0.15, 0.2) is 0 Å². The van der Waals surface area contributed by atoms with Gasteiger partial charge in [0.05, 0.1) is 12.6 Å². The Bertz CT molecular complexity index is 294. The molecule has 5 heteroatoms. The van der Waals surface area contributed by atoms with Gasteiger partial charge in [0.25, 0.3) is 0 Å². The lowest BCUT2D eigenvalue weighted by molar-refractivity contribution is -0.137. The van der Waals surface area contributed by atoms with Gasteiger partial charge in [-0.2, -0.15) is 5.26 Å². The van der Waals surface area contributed by atoms with Crippen molar-refractivity contribution in [2.75, 3.05) is 20.1 Å². The summed E-state index contributed by atoms with van der Waals surface area (Å²) >= 11 is 0. The van der Waals surface area contributed by atoms with Crippen LogP contribution in [0.4, 0.5) is 0 Å². The predicted molar refractivity (Wildman–Crippen MR) is 60.3 cm³/mol. The Balaban J connectivity index is 4.38. The number of hydrogen-bond acceptors (Lipinski definition) is 3. The second-order valence-electron chi connectivity index (χ2n) is 4.00. The van der Waals surface area contributed by atoms with E-state index in [1.54, 1.807) is 0 Å². The number of amides is 2. The molecule has 2 amide bonds. The summed E-state index contributed by atoms with van der Waals surface area (Å²) < 4.78 is 0. The molecule has 90 valence electrons. The Morgan fingerprint density at radius 3 is 2.38 bits per heavy atom. The van der Waals surface area contributed by atoms with Gasteiger partial charge in [-0.05, 0) is 12.8 Å². The third kappa shape index (κ3) is 4.30. The number of carbonyl (C=O) groups excluding carboxylic acids is 2. The molecule has 0 rings (SSSR count). The van der Waals surface area contributed by atoms with Crippen LogP contribution in [0.1, 0.15) is 20.8 Å². The van der Waals surface area contributed by atoms with Crippen LogP contribution in [-0.4, -0.2) is 36.9 Å². The summed E-state index contributed by atoms with van der Waals surface area (Å²) in [5.41, 5.74) is 0. The van der Waals surface area contributed by atoms with E-state index >= 15 is 0 Å². The number of nitrogens with one attached hydrogen (secondary N) is 1. The van der Waals surface area contributed by atoms with Crippen LogP contribution < -0.4 is 5.32 Å². The first-order valence-electron chi connectivity index (χ1n) is 5.35. The fourth-order valence-electron chi connectivity index (χ4n) is 1.27. The highest BCUT2D eigenvalue weighted by Crippen LogP contribution is 2.12. The lowest BCUT2D eigenvalue weighted by atomic mass is 9.96. The van der Waals surface area contributed by atoms with Crippen LogP contribution in [0, 0.1) is 23.2 Å². The number of hydrogen-bond donors (Lipinski definition) is 1. The van der Waals surface area contributed by atoms with Gasteiger partial charge >= 0.3 is 0 Å². The molecule has 1 atom stereocenters. The SMILES string of the molecule is CCNC(=O)CN(C)C(=O)C(C#N)C(C)C. The Morgan fingerprint density at radius 2 is 2.00 bits per heavy atom. The molecular formula is C11H19N3O2.